The van der Waals surface area contributed by atoms with Crippen molar-refractivity contribution in [3.63, 3.8) is 0 Å². The largest absolute Gasteiger partial charge is 0.508 e. The number of carbonyl (C=O) groups is 1. The molecule has 0 radical (unpaired) electrons. The van der Waals surface area contributed by atoms with Crippen molar-refractivity contribution in [1.29, 1.82) is 0 Å². The number of aryl methyl sites for hydroxylation is 1. The number of fused-ring (bicyclic) bond motifs is 3. The highest BCUT2D eigenvalue weighted by Gasteiger charge is 2.53. The SMILES string of the molecule is Cc1cc(=O)c2cc3c(c([NH+]4C=C5C=CN=C5C4)c2o1)OC(C)(CCC1CNC(=O)C12CCCCC2)C(OOCC(O)(Cc1ccc(O)cc1)C(O)C(O)C(O)CO)C3. The molecule has 1 saturated heterocycles. The molecule has 316 valence electrons. The number of allylic oxidation sites excluding steroid dienone is 1. The molecule has 0 bridgehead atoms. The van der Waals surface area contributed by atoms with E-state index in [1.807, 2.05) is 19.2 Å². The molecule has 8 N–H and O–H groups in total. The van der Waals surface area contributed by atoms with E-state index < -0.39 is 54.2 Å². The van der Waals surface area contributed by atoms with Crippen LogP contribution in [-0.4, -0.2) is 104 Å². The third-order valence-electron chi connectivity index (χ3n) is 13.3. The van der Waals surface area contributed by atoms with E-state index in [9.17, 15) is 40.2 Å². The Morgan fingerprint density at radius 1 is 1.10 bits per heavy atom. The minimum Gasteiger partial charge on any atom is -0.508 e. The van der Waals surface area contributed by atoms with Crippen LogP contribution in [0.5, 0.6) is 11.5 Å². The predicted octanol–water partition coefficient (Wildman–Crippen LogP) is 1.73. The maximum atomic E-state index is 13.6. The van der Waals surface area contributed by atoms with Gasteiger partial charge < -0.3 is 45.1 Å². The Kier molecular flexibility index (Phi) is 11.3. The molecule has 1 spiro atoms. The summed E-state index contributed by atoms with van der Waals surface area (Å²) in [5, 5.41) is 67.0. The zero-order chi connectivity index (χ0) is 41.7. The first-order valence-electron chi connectivity index (χ1n) is 20.6. The lowest BCUT2D eigenvalue weighted by Crippen LogP contribution is -3.01. The van der Waals surface area contributed by atoms with Gasteiger partial charge in [0.25, 0.3) is 0 Å². The molecule has 8 unspecified atom stereocenters. The van der Waals surface area contributed by atoms with Gasteiger partial charge in [0, 0.05) is 37.2 Å². The van der Waals surface area contributed by atoms with Crippen molar-refractivity contribution in [2.24, 2.45) is 16.3 Å². The monoisotopic (exact) mass is 816 g/mol. The number of amides is 1. The van der Waals surface area contributed by atoms with E-state index >= 15 is 0 Å². The number of phenols is 1. The lowest BCUT2D eigenvalue weighted by molar-refractivity contribution is -0.759. The predicted molar refractivity (Wildman–Crippen MR) is 214 cm³/mol. The average Bonchev–Trinajstić information content (AvgIpc) is 3.91. The molecule has 15 nitrogen and oxygen atoms in total. The third-order valence-corrected chi connectivity index (χ3v) is 13.3. The standard InChI is InChI=1S/C44H53N3O12/c1-25-16-33(50)31-17-28-18-35(59-56-24-44(55,40(53)37(52)34(51)23-48)19-26-6-8-30(49)9-7-26)42(2,14-10-29-20-46-41(54)43(29)12-4-3-5-13-43)58-38(28)36(39(31)57-25)47-21-27-11-15-45-32(27)22-47/h6-9,11,15-17,21,29,34-35,37,40,48-49,51-53,55H,3-5,10,12-14,18-20,22-24H2,1-2H3,(H,46,54)/p+1. The van der Waals surface area contributed by atoms with Gasteiger partial charge in [-0.25, -0.2) is 9.78 Å². The Balaban J connectivity index is 1.15. The fourth-order valence-electron chi connectivity index (χ4n) is 9.80. The minimum absolute atomic E-state index is 0.0163. The summed E-state index contributed by atoms with van der Waals surface area (Å²) in [6.07, 6.45) is 4.84. The van der Waals surface area contributed by atoms with Crippen molar-refractivity contribution in [2.75, 3.05) is 26.3 Å². The molecular weight excluding hydrogens is 762 g/mol. The van der Waals surface area contributed by atoms with Crippen LogP contribution in [-0.2, 0) is 27.4 Å². The maximum Gasteiger partial charge on any atom is 0.226 e. The summed E-state index contributed by atoms with van der Waals surface area (Å²) in [4.78, 5) is 44.4. The number of nitrogens with zero attached hydrogens (tertiary/aromatic N) is 1. The molecular formula is C44H54N3O12+. The molecule has 1 amide bonds. The van der Waals surface area contributed by atoms with Crippen LogP contribution >= 0.6 is 0 Å². The Labute approximate surface area is 341 Å². The van der Waals surface area contributed by atoms with Gasteiger partial charge in [-0.05, 0) is 75.3 Å². The van der Waals surface area contributed by atoms with E-state index in [0.717, 1.165) is 48.3 Å². The zero-order valence-corrected chi connectivity index (χ0v) is 33.4. The molecule has 5 heterocycles. The summed E-state index contributed by atoms with van der Waals surface area (Å²) in [7, 11) is 0. The van der Waals surface area contributed by atoms with Crippen LogP contribution in [0.15, 0.2) is 74.7 Å². The number of nitrogens with one attached hydrogen (secondary N) is 2. The van der Waals surface area contributed by atoms with Crippen molar-refractivity contribution in [3.05, 3.63) is 87.6 Å². The van der Waals surface area contributed by atoms with Gasteiger partial charge in [-0.1, -0.05) is 31.4 Å². The highest BCUT2D eigenvalue weighted by atomic mass is 17.2. The van der Waals surface area contributed by atoms with E-state index in [1.54, 1.807) is 19.2 Å². The molecule has 2 fully saturated rings. The van der Waals surface area contributed by atoms with E-state index in [2.05, 4.69) is 10.3 Å². The molecule has 1 saturated carbocycles. The number of hydrogen-bond donors (Lipinski definition) is 8. The second-order valence-corrected chi connectivity index (χ2v) is 17.3. The lowest BCUT2D eigenvalue weighted by Gasteiger charge is -2.44. The Morgan fingerprint density at radius 2 is 1.86 bits per heavy atom. The lowest BCUT2D eigenvalue weighted by atomic mass is 9.65. The molecule has 59 heavy (non-hydrogen) atoms. The average molecular weight is 817 g/mol. The molecule has 5 aliphatic rings. The summed E-state index contributed by atoms with van der Waals surface area (Å²) < 4.78 is 13.5. The zero-order valence-electron chi connectivity index (χ0n) is 33.4. The molecule has 1 aliphatic carbocycles. The maximum absolute atomic E-state index is 13.6. The summed E-state index contributed by atoms with van der Waals surface area (Å²) >= 11 is 0. The highest BCUT2D eigenvalue weighted by Crippen LogP contribution is 2.50. The minimum atomic E-state index is -2.26. The van der Waals surface area contributed by atoms with Crippen LogP contribution in [0, 0.1) is 18.3 Å². The van der Waals surface area contributed by atoms with Crippen molar-refractivity contribution in [1.82, 2.24) is 5.32 Å². The van der Waals surface area contributed by atoms with Gasteiger partial charge in [0.05, 0.1) is 23.0 Å². The van der Waals surface area contributed by atoms with Crippen LogP contribution < -0.4 is 20.4 Å². The van der Waals surface area contributed by atoms with Crippen molar-refractivity contribution in [2.45, 2.75) is 107 Å². The first-order chi connectivity index (χ1) is 28.2. The van der Waals surface area contributed by atoms with Crippen LogP contribution in [0.2, 0.25) is 0 Å². The van der Waals surface area contributed by atoms with Crippen LogP contribution in [0.4, 0.5) is 5.69 Å². The fraction of sp³-hybridized carbons (Fsp3) is 0.523. The van der Waals surface area contributed by atoms with Crippen LogP contribution in [0.1, 0.15) is 68.8 Å². The summed E-state index contributed by atoms with van der Waals surface area (Å²) in [6, 6.07) is 9.07. The van der Waals surface area contributed by atoms with Gasteiger partial charge in [-0.2, -0.15) is 0 Å². The van der Waals surface area contributed by atoms with Gasteiger partial charge in [0.1, 0.15) is 72.2 Å². The number of rotatable bonds is 14. The number of aliphatic hydroxyl groups is 5. The first-order valence-corrected chi connectivity index (χ1v) is 20.6. The summed E-state index contributed by atoms with van der Waals surface area (Å²) in [5.41, 5.74) is 0.0419. The Hall–Kier alpha value is -4.45. The van der Waals surface area contributed by atoms with Gasteiger partial charge in [-0.15, -0.1) is 0 Å². The number of benzene rings is 2. The molecule has 4 aliphatic heterocycles. The second-order valence-electron chi connectivity index (χ2n) is 17.3. The molecule has 3 aromatic rings. The molecule has 15 heteroatoms. The molecule has 1 aromatic heterocycles. The van der Waals surface area contributed by atoms with E-state index in [-0.39, 0.29) is 35.8 Å². The van der Waals surface area contributed by atoms with Gasteiger partial charge in [-0.3, -0.25) is 19.5 Å². The van der Waals surface area contributed by atoms with Crippen LogP contribution in [0.25, 0.3) is 11.0 Å². The van der Waals surface area contributed by atoms with Gasteiger partial charge in [0.15, 0.2) is 11.2 Å². The molecule has 8 rings (SSSR count). The molecule has 8 atom stereocenters. The van der Waals surface area contributed by atoms with E-state index in [0.29, 0.717) is 65.2 Å². The van der Waals surface area contributed by atoms with Crippen molar-refractivity contribution >= 4 is 28.3 Å². The number of quaternary nitrogens is 1. The third kappa shape index (κ3) is 7.74. The number of hydrogen-bond acceptors (Lipinski definition) is 13. The number of ether oxygens (including phenoxy) is 1. The topological polar surface area (TPSA) is 225 Å². The first kappa shape index (κ1) is 41.3. The Morgan fingerprint density at radius 3 is 2.59 bits per heavy atom. The summed E-state index contributed by atoms with van der Waals surface area (Å²) in [5.74, 6) is 1.13. The number of aromatic hydroxyl groups is 1. The van der Waals surface area contributed by atoms with Gasteiger partial charge in [0.2, 0.25) is 17.2 Å². The van der Waals surface area contributed by atoms with Gasteiger partial charge >= 0.3 is 0 Å². The number of carbonyl (C=O) groups excluding carboxylic acids is 1. The van der Waals surface area contributed by atoms with E-state index in [4.69, 9.17) is 18.9 Å². The molecule has 2 aromatic carbocycles. The fourth-order valence-corrected chi connectivity index (χ4v) is 9.80. The number of phenolic OH excluding ortho intramolecular Hbond substituents is 1. The smallest absolute Gasteiger partial charge is 0.226 e. The quantitative estimate of drug-likeness (QED) is 0.0861. The second kappa shape index (κ2) is 16.2. The van der Waals surface area contributed by atoms with Crippen molar-refractivity contribution < 1.29 is 59.3 Å². The number of aliphatic hydroxyl groups excluding tert-OH is 4. The highest BCUT2D eigenvalue weighted by molar-refractivity contribution is 6.07. The van der Waals surface area contributed by atoms with E-state index in [1.165, 1.54) is 30.3 Å². The van der Waals surface area contributed by atoms with Crippen LogP contribution in [0.3, 0.4) is 0 Å². The summed E-state index contributed by atoms with van der Waals surface area (Å²) in [6.45, 7) is 3.14. The number of aliphatic imine (C=N–C) groups is 1. The Bertz CT molecular complexity index is 2230. The normalized spacial score (nSPS) is 27.0. The van der Waals surface area contributed by atoms with Crippen molar-refractivity contribution in [3.8, 4) is 11.5 Å².